The van der Waals surface area contributed by atoms with Gasteiger partial charge in [-0.15, -0.1) is 0 Å². The molecule has 0 bridgehead atoms. The lowest BCUT2D eigenvalue weighted by Gasteiger charge is -2.10. The topological polar surface area (TPSA) is 0 Å². The molecule has 1 rings (SSSR count). The third kappa shape index (κ3) is 4.29. The Morgan fingerprint density at radius 2 is 1.58 bits per heavy atom. The third-order valence-corrected chi connectivity index (χ3v) is 6.86. The summed E-state index contributed by atoms with van der Waals surface area (Å²) in [7, 11) is -0.203. The molecular formula is C11H24Si. The molecule has 0 nitrogen and oxygen atoms in total. The van der Waals surface area contributed by atoms with E-state index in [0.717, 1.165) is 0 Å². The second-order valence-electron chi connectivity index (χ2n) is 4.35. The summed E-state index contributed by atoms with van der Waals surface area (Å²) in [5.74, 6) is 0. The first kappa shape index (κ1) is 10.3. The molecule has 1 aliphatic heterocycles. The number of hydrogen-bond donors (Lipinski definition) is 0. The average molecular weight is 184 g/mol. The quantitative estimate of drug-likeness (QED) is 0.458. The van der Waals surface area contributed by atoms with Crippen molar-refractivity contribution in [1.82, 2.24) is 0 Å². The second kappa shape index (κ2) is 6.70. The van der Waals surface area contributed by atoms with Gasteiger partial charge in [-0.25, -0.2) is 0 Å². The predicted molar refractivity (Wildman–Crippen MR) is 59.6 cm³/mol. The van der Waals surface area contributed by atoms with Gasteiger partial charge in [0, 0.05) is 8.80 Å². The number of hydrogen-bond acceptors (Lipinski definition) is 0. The zero-order valence-electron chi connectivity index (χ0n) is 8.65. The summed E-state index contributed by atoms with van der Waals surface area (Å²) in [5.41, 5.74) is 0. The van der Waals surface area contributed by atoms with E-state index >= 15 is 0 Å². The Labute approximate surface area is 79.4 Å². The molecule has 0 unspecified atom stereocenters. The molecule has 1 fully saturated rings. The van der Waals surface area contributed by atoms with Gasteiger partial charge in [0.05, 0.1) is 0 Å². The van der Waals surface area contributed by atoms with Crippen LogP contribution in [0.3, 0.4) is 0 Å². The van der Waals surface area contributed by atoms with E-state index in [1.54, 1.807) is 37.4 Å². The molecule has 1 aliphatic rings. The molecule has 0 N–H and O–H groups in total. The highest BCUT2D eigenvalue weighted by atomic mass is 28.3. The summed E-state index contributed by atoms with van der Waals surface area (Å²) in [6.45, 7) is 2.31. The average Bonchev–Trinajstić information content (AvgIpc) is 2.33. The summed E-state index contributed by atoms with van der Waals surface area (Å²) >= 11 is 0. The lowest BCUT2D eigenvalue weighted by atomic mass is 10.2. The van der Waals surface area contributed by atoms with Crippen LogP contribution in [0.25, 0.3) is 0 Å². The van der Waals surface area contributed by atoms with Crippen molar-refractivity contribution < 1.29 is 0 Å². The minimum Gasteiger partial charge on any atom is -0.0654 e. The van der Waals surface area contributed by atoms with Gasteiger partial charge in [-0.1, -0.05) is 70.0 Å². The first-order valence-electron chi connectivity index (χ1n) is 5.93. The minimum atomic E-state index is -0.203. The van der Waals surface area contributed by atoms with Crippen molar-refractivity contribution in [2.75, 3.05) is 0 Å². The van der Waals surface area contributed by atoms with Crippen LogP contribution in [-0.4, -0.2) is 8.80 Å². The lowest BCUT2D eigenvalue weighted by molar-refractivity contribution is 0.720. The summed E-state index contributed by atoms with van der Waals surface area (Å²) in [6.07, 6.45) is 10.7. The first-order valence-corrected chi connectivity index (χ1v) is 8.38. The highest BCUT2D eigenvalue weighted by Gasteiger charge is 2.12. The molecular weight excluding hydrogens is 160 g/mol. The van der Waals surface area contributed by atoms with Crippen molar-refractivity contribution in [3.63, 3.8) is 0 Å². The lowest BCUT2D eigenvalue weighted by Crippen LogP contribution is -2.09. The van der Waals surface area contributed by atoms with Gasteiger partial charge >= 0.3 is 0 Å². The Morgan fingerprint density at radius 3 is 2.17 bits per heavy atom. The van der Waals surface area contributed by atoms with Gasteiger partial charge in [0.25, 0.3) is 0 Å². The maximum absolute atomic E-state index is 2.31. The van der Waals surface area contributed by atoms with Crippen LogP contribution in [0.4, 0.5) is 0 Å². The Hall–Kier alpha value is 0.217. The van der Waals surface area contributed by atoms with Crippen LogP contribution in [0.15, 0.2) is 0 Å². The standard InChI is InChI=1S/C11H24Si/c1-2-3-6-9-12-10-7-4-5-8-11-12/h12H,2-11H2,1H3. The Bertz CT molecular complexity index is 93.2. The van der Waals surface area contributed by atoms with E-state index in [2.05, 4.69) is 6.92 Å². The van der Waals surface area contributed by atoms with Crippen LogP contribution in [0, 0.1) is 0 Å². The van der Waals surface area contributed by atoms with E-state index in [-0.39, 0.29) is 8.80 Å². The van der Waals surface area contributed by atoms with Crippen molar-refractivity contribution >= 4 is 8.80 Å². The van der Waals surface area contributed by atoms with Crippen LogP contribution in [-0.2, 0) is 0 Å². The zero-order valence-corrected chi connectivity index (χ0v) is 9.80. The maximum atomic E-state index is 2.31. The summed E-state index contributed by atoms with van der Waals surface area (Å²) < 4.78 is 0. The van der Waals surface area contributed by atoms with Crippen LogP contribution < -0.4 is 0 Å². The number of unbranched alkanes of at least 4 members (excludes halogenated alkanes) is 2. The maximum Gasteiger partial charge on any atom is 0.0367 e. The smallest absolute Gasteiger partial charge is 0.0367 e. The van der Waals surface area contributed by atoms with Crippen molar-refractivity contribution in [3.05, 3.63) is 0 Å². The van der Waals surface area contributed by atoms with Gasteiger partial charge in [0.15, 0.2) is 0 Å². The largest absolute Gasteiger partial charge is 0.0654 e. The molecule has 0 atom stereocenters. The fraction of sp³-hybridized carbons (Fsp3) is 1.00. The molecule has 0 aromatic carbocycles. The molecule has 0 spiro atoms. The highest BCUT2D eigenvalue weighted by molar-refractivity contribution is 6.58. The molecule has 12 heavy (non-hydrogen) atoms. The van der Waals surface area contributed by atoms with Crippen LogP contribution in [0.1, 0.15) is 51.9 Å². The summed E-state index contributed by atoms with van der Waals surface area (Å²) in [5, 5.41) is 0. The molecule has 1 heteroatoms. The molecule has 0 aromatic rings. The van der Waals surface area contributed by atoms with Crippen molar-refractivity contribution in [3.8, 4) is 0 Å². The Kier molecular flexibility index (Phi) is 5.75. The van der Waals surface area contributed by atoms with Crippen LogP contribution in [0.5, 0.6) is 0 Å². The Morgan fingerprint density at radius 1 is 0.917 bits per heavy atom. The van der Waals surface area contributed by atoms with Crippen molar-refractivity contribution in [2.45, 2.75) is 70.0 Å². The van der Waals surface area contributed by atoms with Gasteiger partial charge in [-0.05, 0) is 0 Å². The molecule has 72 valence electrons. The van der Waals surface area contributed by atoms with E-state index in [1.165, 1.54) is 25.7 Å². The summed E-state index contributed by atoms with van der Waals surface area (Å²) in [4.78, 5) is 0. The van der Waals surface area contributed by atoms with E-state index in [4.69, 9.17) is 0 Å². The van der Waals surface area contributed by atoms with Crippen molar-refractivity contribution in [1.29, 1.82) is 0 Å². The summed E-state index contributed by atoms with van der Waals surface area (Å²) in [6, 6.07) is 5.00. The van der Waals surface area contributed by atoms with Gasteiger partial charge in [-0.2, -0.15) is 0 Å². The predicted octanol–water partition coefficient (Wildman–Crippen LogP) is 3.98. The van der Waals surface area contributed by atoms with E-state index in [9.17, 15) is 0 Å². The fourth-order valence-electron chi connectivity index (χ4n) is 2.34. The normalized spacial score (nSPS) is 20.8. The van der Waals surface area contributed by atoms with E-state index in [0.29, 0.717) is 0 Å². The van der Waals surface area contributed by atoms with Crippen LogP contribution >= 0.6 is 0 Å². The molecule has 0 amide bonds. The zero-order chi connectivity index (χ0) is 8.65. The molecule has 0 saturated carbocycles. The molecule has 1 heterocycles. The van der Waals surface area contributed by atoms with Crippen molar-refractivity contribution in [2.24, 2.45) is 0 Å². The van der Waals surface area contributed by atoms with E-state index in [1.807, 2.05) is 0 Å². The van der Waals surface area contributed by atoms with E-state index < -0.39 is 0 Å². The number of rotatable bonds is 4. The van der Waals surface area contributed by atoms with Gasteiger partial charge in [0.2, 0.25) is 0 Å². The SMILES string of the molecule is CCCCC[SiH]1CCCCCC1. The minimum absolute atomic E-state index is 0.203. The fourth-order valence-corrected chi connectivity index (χ4v) is 5.80. The van der Waals surface area contributed by atoms with Gasteiger partial charge < -0.3 is 0 Å². The molecule has 0 aromatic heterocycles. The Balaban J connectivity index is 2.04. The second-order valence-corrected chi connectivity index (χ2v) is 7.82. The monoisotopic (exact) mass is 184 g/mol. The molecule has 0 aliphatic carbocycles. The molecule has 0 radical (unpaired) electrons. The van der Waals surface area contributed by atoms with Gasteiger partial charge in [-0.3, -0.25) is 0 Å². The van der Waals surface area contributed by atoms with Gasteiger partial charge in [0.1, 0.15) is 0 Å². The highest BCUT2D eigenvalue weighted by Crippen LogP contribution is 2.22. The molecule has 1 saturated heterocycles. The first-order chi connectivity index (χ1) is 5.93. The third-order valence-electron chi connectivity index (χ3n) is 3.19. The van der Waals surface area contributed by atoms with Crippen LogP contribution in [0.2, 0.25) is 18.1 Å².